The first kappa shape index (κ1) is 22.8. The molecular formula is C23H21F5N4O. The number of hydrogen-bond acceptors (Lipinski definition) is 3. The maximum Gasteiger partial charge on any atom is 0.410 e. The molecule has 1 aliphatic rings. The van der Waals surface area contributed by atoms with Gasteiger partial charge in [0.2, 0.25) is 5.91 Å². The summed E-state index contributed by atoms with van der Waals surface area (Å²) in [7, 11) is 0. The van der Waals surface area contributed by atoms with E-state index in [-0.39, 0.29) is 30.8 Å². The molecule has 33 heavy (non-hydrogen) atoms. The summed E-state index contributed by atoms with van der Waals surface area (Å²) in [5.41, 5.74) is 2.21. The Hall–Kier alpha value is -3.43. The smallest absolute Gasteiger partial charge is 0.363 e. The zero-order chi connectivity index (χ0) is 23.8. The van der Waals surface area contributed by atoms with Crippen LogP contribution in [0.15, 0.2) is 48.7 Å². The van der Waals surface area contributed by atoms with Crippen molar-refractivity contribution in [3.8, 4) is 0 Å². The quantitative estimate of drug-likeness (QED) is 0.523. The van der Waals surface area contributed by atoms with Crippen molar-refractivity contribution in [2.45, 2.75) is 44.6 Å². The van der Waals surface area contributed by atoms with Gasteiger partial charge < -0.3 is 10.6 Å². The van der Waals surface area contributed by atoms with Crippen molar-refractivity contribution in [3.05, 3.63) is 82.5 Å². The van der Waals surface area contributed by atoms with Crippen molar-refractivity contribution in [1.29, 1.82) is 0 Å². The fraction of sp³-hybridized carbons (Fsp3) is 0.304. The van der Waals surface area contributed by atoms with Crippen molar-refractivity contribution in [2.75, 3.05) is 5.32 Å². The molecular weight excluding hydrogens is 443 g/mol. The maximum absolute atomic E-state index is 13.8. The topological polar surface area (TPSA) is 59.0 Å². The van der Waals surface area contributed by atoms with Crippen molar-refractivity contribution in [3.63, 3.8) is 0 Å². The lowest BCUT2D eigenvalue weighted by atomic mass is 9.96. The third-order valence-electron chi connectivity index (χ3n) is 5.56. The van der Waals surface area contributed by atoms with E-state index in [4.69, 9.17) is 0 Å². The minimum atomic E-state index is -4.52. The highest BCUT2D eigenvalue weighted by atomic mass is 19.4. The molecule has 2 aromatic carbocycles. The average molecular weight is 464 g/mol. The molecule has 2 atom stereocenters. The molecule has 0 radical (unpaired) electrons. The van der Waals surface area contributed by atoms with Gasteiger partial charge in [0.1, 0.15) is 17.5 Å². The predicted octanol–water partition coefficient (Wildman–Crippen LogP) is 4.99. The molecule has 174 valence electrons. The average Bonchev–Trinajstić information content (AvgIpc) is 3.13. The lowest BCUT2D eigenvalue weighted by Crippen LogP contribution is -2.36. The van der Waals surface area contributed by atoms with Crippen LogP contribution in [0.5, 0.6) is 0 Å². The minimum absolute atomic E-state index is 0.123. The Bertz CT molecular complexity index is 1140. The second-order valence-corrected chi connectivity index (χ2v) is 8.09. The van der Waals surface area contributed by atoms with Crippen LogP contribution < -0.4 is 10.6 Å². The highest BCUT2D eigenvalue weighted by molar-refractivity contribution is 5.80. The zero-order valence-corrected chi connectivity index (χ0v) is 17.6. The van der Waals surface area contributed by atoms with E-state index in [1.807, 2.05) is 19.1 Å². The summed E-state index contributed by atoms with van der Waals surface area (Å²) in [5.74, 6) is -1.93. The van der Waals surface area contributed by atoms with E-state index in [0.29, 0.717) is 11.1 Å². The van der Waals surface area contributed by atoms with E-state index in [0.717, 1.165) is 28.4 Å². The summed E-state index contributed by atoms with van der Waals surface area (Å²) >= 11 is 0. The fourth-order valence-electron chi connectivity index (χ4n) is 3.91. The summed E-state index contributed by atoms with van der Waals surface area (Å²) in [6.07, 6.45) is -3.77. The van der Waals surface area contributed by atoms with Crippen molar-refractivity contribution in [1.82, 2.24) is 15.1 Å². The number of carbonyl (C=O) groups excluding carboxylic acids is 1. The molecule has 0 fully saturated rings. The minimum Gasteiger partial charge on any atom is -0.363 e. The van der Waals surface area contributed by atoms with Gasteiger partial charge in [-0.3, -0.25) is 4.79 Å². The molecule has 2 N–H and O–H groups in total. The summed E-state index contributed by atoms with van der Waals surface area (Å²) in [6, 6.07) is 7.65. The molecule has 1 amide bonds. The molecule has 0 unspecified atom stereocenters. The van der Waals surface area contributed by atoms with Gasteiger partial charge in [-0.25, -0.2) is 13.5 Å². The largest absolute Gasteiger partial charge is 0.410 e. The van der Waals surface area contributed by atoms with Gasteiger partial charge in [0, 0.05) is 24.6 Å². The second kappa shape index (κ2) is 8.84. The Morgan fingerprint density at radius 1 is 1.15 bits per heavy atom. The number of nitrogens with zero attached hydrogens (tertiary/aromatic N) is 2. The molecule has 0 aliphatic carbocycles. The third kappa shape index (κ3) is 5.15. The Balaban J connectivity index is 1.53. The van der Waals surface area contributed by atoms with Gasteiger partial charge in [-0.1, -0.05) is 29.8 Å². The van der Waals surface area contributed by atoms with Crippen LogP contribution >= 0.6 is 0 Å². The van der Waals surface area contributed by atoms with Gasteiger partial charge in [0.15, 0.2) is 6.04 Å². The Morgan fingerprint density at radius 2 is 1.82 bits per heavy atom. The molecule has 4 rings (SSSR count). The van der Waals surface area contributed by atoms with Gasteiger partial charge in [-0.2, -0.15) is 18.3 Å². The van der Waals surface area contributed by atoms with Crippen LogP contribution in [0.25, 0.3) is 0 Å². The highest BCUT2D eigenvalue weighted by Crippen LogP contribution is 2.44. The lowest BCUT2D eigenvalue weighted by molar-refractivity contribution is -0.173. The third-order valence-corrected chi connectivity index (χ3v) is 5.56. The molecule has 5 nitrogen and oxygen atoms in total. The van der Waals surface area contributed by atoms with Crippen LogP contribution in [-0.2, 0) is 17.8 Å². The highest BCUT2D eigenvalue weighted by Gasteiger charge is 2.46. The number of alkyl halides is 3. The number of benzene rings is 2. The van der Waals surface area contributed by atoms with E-state index >= 15 is 0 Å². The summed E-state index contributed by atoms with van der Waals surface area (Å²) < 4.78 is 68.9. The Kier molecular flexibility index (Phi) is 6.09. The lowest BCUT2D eigenvalue weighted by Gasteiger charge is -2.34. The van der Waals surface area contributed by atoms with Gasteiger partial charge in [0.25, 0.3) is 0 Å². The molecule has 0 spiro atoms. The van der Waals surface area contributed by atoms with E-state index in [1.54, 1.807) is 12.1 Å². The molecule has 3 aromatic rings. The number of hydrogen-bond donors (Lipinski definition) is 2. The predicted molar refractivity (Wildman–Crippen MR) is 111 cm³/mol. The van der Waals surface area contributed by atoms with E-state index in [9.17, 15) is 26.7 Å². The molecule has 1 aliphatic heterocycles. The fourth-order valence-corrected chi connectivity index (χ4v) is 3.91. The second-order valence-electron chi connectivity index (χ2n) is 8.09. The normalized spacial score (nSPS) is 17.9. The SMILES string of the molecule is Cc1ccc([C@H]2C[C@@H](C(F)(F)F)n3ncc(CC(=O)NCc4cc(F)cc(F)c4)c3N2)cc1. The first-order valence-electron chi connectivity index (χ1n) is 10.3. The van der Waals surface area contributed by atoms with Crippen LogP contribution in [0.4, 0.5) is 27.8 Å². The van der Waals surface area contributed by atoms with Crippen LogP contribution in [0, 0.1) is 18.6 Å². The first-order valence-corrected chi connectivity index (χ1v) is 10.3. The van der Waals surface area contributed by atoms with Crippen LogP contribution in [-0.4, -0.2) is 21.9 Å². The molecule has 1 aromatic heterocycles. The van der Waals surface area contributed by atoms with Gasteiger partial charge in [0.05, 0.1) is 18.7 Å². The standard InChI is InChI=1S/C23H21F5N4O/c1-13-2-4-15(5-3-13)19-10-20(23(26,27)28)32-22(31-19)16(12-30-32)8-21(33)29-11-14-6-17(24)9-18(25)7-14/h2-7,9,12,19-20,31H,8,10-11H2,1H3,(H,29,33)/t19-,20+/m1/s1. The van der Waals surface area contributed by atoms with Crippen molar-refractivity contribution in [2.24, 2.45) is 0 Å². The van der Waals surface area contributed by atoms with Crippen LogP contribution in [0.1, 0.15) is 40.8 Å². The van der Waals surface area contributed by atoms with E-state index in [2.05, 4.69) is 15.7 Å². The van der Waals surface area contributed by atoms with E-state index in [1.165, 1.54) is 6.20 Å². The zero-order valence-electron chi connectivity index (χ0n) is 17.6. The number of aryl methyl sites for hydroxylation is 1. The Labute approximate surface area is 186 Å². The first-order chi connectivity index (χ1) is 15.6. The van der Waals surface area contributed by atoms with Crippen molar-refractivity contribution < 1.29 is 26.7 Å². The number of amides is 1. The monoisotopic (exact) mass is 464 g/mol. The molecule has 0 saturated carbocycles. The number of anilines is 1. The number of halogens is 5. The van der Waals surface area contributed by atoms with E-state index < -0.39 is 35.8 Å². The molecule has 0 saturated heterocycles. The van der Waals surface area contributed by atoms with Gasteiger partial charge in [-0.15, -0.1) is 0 Å². The Morgan fingerprint density at radius 3 is 2.45 bits per heavy atom. The molecule has 0 bridgehead atoms. The summed E-state index contributed by atoms with van der Waals surface area (Å²) in [6.45, 7) is 1.77. The number of aromatic nitrogens is 2. The molecule has 10 heteroatoms. The van der Waals surface area contributed by atoms with Gasteiger partial charge >= 0.3 is 6.18 Å². The number of fused-ring (bicyclic) bond motifs is 1. The number of carbonyl (C=O) groups is 1. The maximum atomic E-state index is 13.8. The van der Waals surface area contributed by atoms with Crippen molar-refractivity contribution >= 4 is 11.7 Å². The van der Waals surface area contributed by atoms with Crippen LogP contribution in [0.2, 0.25) is 0 Å². The van der Waals surface area contributed by atoms with Gasteiger partial charge in [-0.05, 0) is 30.2 Å². The molecule has 2 heterocycles. The number of rotatable bonds is 5. The summed E-state index contributed by atoms with van der Waals surface area (Å²) in [4.78, 5) is 12.4. The number of nitrogens with one attached hydrogen (secondary N) is 2. The summed E-state index contributed by atoms with van der Waals surface area (Å²) in [5, 5.41) is 9.52. The van der Waals surface area contributed by atoms with Crippen LogP contribution in [0.3, 0.4) is 0 Å².